The normalized spacial score (nSPS) is 15.4. The van der Waals surface area contributed by atoms with Gasteiger partial charge in [-0.2, -0.15) is 13.2 Å². The summed E-state index contributed by atoms with van der Waals surface area (Å²) >= 11 is 5.71. The first-order chi connectivity index (χ1) is 17.1. The zero-order valence-electron chi connectivity index (χ0n) is 18.9. The number of anilines is 2. The smallest absolute Gasteiger partial charge is 0.369 e. The summed E-state index contributed by atoms with van der Waals surface area (Å²) in [5.74, 6) is -0.458. The molecule has 1 fully saturated rings. The molecule has 3 aromatic rings. The molecule has 36 heavy (non-hydrogen) atoms. The summed E-state index contributed by atoms with van der Waals surface area (Å²) in [6, 6.07) is 17.8. The largest absolute Gasteiger partial charge is 0.417 e. The molecule has 1 saturated heterocycles. The lowest BCUT2D eigenvalue weighted by Gasteiger charge is -2.39. The number of nitrogens with zero attached hydrogens (tertiary/aromatic N) is 3. The maximum atomic E-state index is 13.4. The minimum absolute atomic E-state index is 0.00201. The van der Waals surface area contributed by atoms with Gasteiger partial charge in [0.2, 0.25) is 5.91 Å². The summed E-state index contributed by atoms with van der Waals surface area (Å²) in [5, 5.41) is 13.1. The van der Waals surface area contributed by atoms with Crippen molar-refractivity contribution in [2.24, 2.45) is 0 Å². The highest BCUT2D eigenvalue weighted by molar-refractivity contribution is 6.31. The van der Waals surface area contributed by atoms with Crippen LogP contribution in [0.15, 0.2) is 72.8 Å². The fraction of sp³-hybridized carbons (Fsp3) is 0.240. The second-order valence-corrected chi connectivity index (χ2v) is 8.70. The van der Waals surface area contributed by atoms with Crippen molar-refractivity contribution in [2.75, 3.05) is 36.4 Å². The lowest BCUT2D eigenvalue weighted by Crippen LogP contribution is -2.50. The minimum atomic E-state index is -4.65. The number of halogens is 4. The van der Waals surface area contributed by atoms with Crippen molar-refractivity contribution in [3.05, 3.63) is 99.1 Å². The number of amides is 1. The molecule has 0 aromatic heterocycles. The highest BCUT2D eigenvalue weighted by Crippen LogP contribution is 2.36. The van der Waals surface area contributed by atoms with Crippen LogP contribution in [0.4, 0.5) is 30.2 Å². The van der Waals surface area contributed by atoms with Crippen LogP contribution in [-0.4, -0.2) is 41.9 Å². The third kappa shape index (κ3) is 5.77. The summed E-state index contributed by atoms with van der Waals surface area (Å²) in [7, 11) is 0. The minimum Gasteiger partial charge on any atom is -0.369 e. The standard InChI is InChI=1S/C25H22ClF3N4O3/c26-22-11-6-18(16-21(22)25(27,28)29)30-24(34)23(17-4-2-1-3-5-17)32-14-12-31(13-15-32)19-7-9-20(10-8-19)33(35)36/h1-11,16,23H,12-15H2,(H,30,34)/t23-/m1/s1. The molecule has 1 N–H and O–H groups in total. The number of hydrogen-bond donors (Lipinski definition) is 1. The molecule has 1 aliphatic heterocycles. The van der Waals surface area contributed by atoms with E-state index in [-0.39, 0.29) is 11.4 Å². The van der Waals surface area contributed by atoms with E-state index in [4.69, 9.17) is 11.6 Å². The number of hydrogen-bond acceptors (Lipinski definition) is 5. The maximum absolute atomic E-state index is 13.4. The van der Waals surface area contributed by atoms with E-state index in [0.717, 1.165) is 17.8 Å². The van der Waals surface area contributed by atoms with Crippen LogP contribution < -0.4 is 10.2 Å². The van der Waals surface area contributed by atoms with E-state index in [9.17, 15) is 28.1 Å². The van der Waals surface area contributed by atoms with Gasteiger partial charge < -0.3 is 10.2 Å². The Bertz CT molecular complexity index is 1230. The van der Waals surface area contributed by atoms with Gasteiger partial charge >= 0.3 is 6.18 Å². The SMILES string of the molecule is O=C(Nc1ccc(Cl)c(C(F)(F)F)c1)[C@@H](c1ccccc1)N1CCN(c2ccc([N+](=O)[O-])cc2)CC1. The van der Waals surface area contributed by atoms with Crippen LogP contribution in [0.3, 0.4) is 0 Å². The number of carbonyl (C=O) groups excluding carboxylic acids is 1. The molecule has 0 bridgehead atoms. The topological polar surface area (TPSA) is 78.7 Å². The number of non-ortho nitro benzene ring substituents is 1. The van der Waals surface area contributed by atoms with Crippen LogP contribution >= 0.6 is 11.6 Å². The van der Waals surface area contributed by atoms with Gasteiger partial charge in [0.1, 0.15) is 6.04 Å². The van der Waals surface area contributed by atoms with Crippen LogP contribution in [-0.2, 0) is 11.0 Å². The van der Waals surface area contributed by atoms with Crippen molar-refractivity contribution in [3.63, 3.8) is 0 Å². The van der Waals surface area contributed by atoms with Gasteiger partial charge in [0.15, 0.2) is 0 Å². The van der Waals surface area contributed by atoms with Crippen LogP contribution in [0.2, 0.25) is 5.02 Å². The van der Waals surface area contributed by atoms with Crippen LogP contribution in [0.1, 0.15) is 17.2 Å². The molecular formula is C25H22ClF3N4O3. The second kappa shape index (κ2) is 10.5. The van der Waals surface area contributed by atoms with Gasteiger partial charge in [-0.1, -0.05) is 41.9 Å². The quantitative estimate of drug-likeness (QED) is 0.331. The molecule has 0 aliphatic carbocycles. The molecule has 1 amide bonds. The first kappa shape index (κ1) is 25.5. The lowest BCUT2D eigenvalue weighted by molar-refractivity contribution is -0.384. The highest BCUT2D eigenvalue weighted by atomic mass is 35.5. The molecule has 11 heteroatoms. The summed E-state index contributed by atoms with van der Waals surface area (Å²) in [4.78, 5) is 27.8. The molecule has 1 aliphatic rings. The first-order valence-electron chi connectivity index (χ1n) is 11.1. The third-order valence-electron chi connectivity index (χ3n) is 6.01. The second-order valence-electron chi connectivity index (χ2n) is 8.29. The fourth-order valence-electron chi connectivity index (χ4n) is 4.22. The lowest BCUT2D eigenvalue weighted by atomic mass is 10.0. The summed E-state index contributed by atoms with van der Waals surface area (Å²) in [5.41, 5.74) is 0.539. The molecule has 3 aromatic carbocycles. The molecule has 0 unspecified atom stereocenters. The number of alkyl halides is 3. The molecular weight excluding hydrogens is 497 g/mol. The van der Waals surface area contributed by atoms with Crippen LogP contribution in [0, 0.1) is 10.1 Å². The average Bonchev–Trinajstić information content (AvgIpc) is 2.86. The average molecular weight is 519 g/mol. The monoisotopic (exact) mass is 518 g/mol. The number of piperazine rings is 1. The molecule has 0 spiro atoms. The maximum Gasteiger partial charge on any atom is 0.417 e. The number of carbonyl (C=O) groups is 1. The zero-order valence-corrected chi connectivity index (χ0v) is 19.7. The third-order valence-corrected chi connectivity index (χ3v) is 6.34. The van der Waals surface area contributed by atoms with E-state index in [0.29, 0.717) is 31.7 Å². The summed E-state index contributed by atoms with van der Waals surface area (Å²) in [6.45, 7) is 2.12. The van der Waals surface area contributed by atoms with Crippen molar-refractivity contribution in [2.45, 2.75) is 12.2 Å². The van der Waals surface area contributed by atoms with Crippen LogP contribution in [0.25, 0.3) is 0 Å². The van der Waals surface area contributed by atoms with Gasteiger partial charge in [-0.25, -0.2) is 0 Å². The van der Waals surface area contributed by atoms with Crippen molar-refractivity contribution in [3.8, 4) is 0 Å². The van der Waals surface area contributed by atoms with Gasteiger partial charge in [-0.15, -0.1) is 0 Å². The number of rotatable bonds is 6. The molecule has 4 rings (SSSR count). The Morgan fingerprint density at radius 2 is 1.61 bits per heavy atom. The predicted octanol–water partition coefficient (Wildman–Crippen LogP) is 5.77. The van der Waals surface area contributed by atoms with E-state index in [2.05, 4.69) is 10.2 Å². The summed E-state index contributed by atoms with van der Waals surface area (Å²) in [6.07, 6.45) is -4.65. The molecule has 1 atom stereocenters. The number of nitro benzene ring substituents is 1. The Morgan fingerprint density at radius 3 is 2.19 bits per heavy atom. The van der Waals surface area contributed by atoms with Gasteiger partial charge in [-0.3, -0.25) is 19.8 Å². The summed E-state index contributed by atoms with van der Waals surface area (Å²) < 4.78 is 39.8. The van der Waals surface area contributed by atoms with Crippen LogP contribution in [0.5, 0.6) is 0 Å². The Morgan fingerprint density at radius 1 is 0.972 bits per heavy atom. The zero-order chi connectivity index (χ0) is 25.9. The van der Waals surface area contributed by atoms with Crippen molar-refractivity contribution < 1.29 is 22.9 Å². The number of nitrogens with one attached hydrogen (secondary N) is 1. The molecule has 7 nitrogen and oxygen atoms in total. The van der Waals surface area contributed by atoms with Gasteiger partial charge in [0, 0.05) is 49.7 Å². The first-order valence-corrected chi connectivity index (χ1v) is 11.5. The van der Waals surface area contributed by atoms with Crippen molar-refractivity contribution >= 4 is 34.6 Å². The Balaban J connectivity index is 1.52. The Hall–Kier alpha value is -3.63. The Labute approximate surface area is 210 Å². The van der Waals surface area contributed by atoms with Gasteiger partial charge in [0.05, 0.1) is 15.5 Å². The van der Waals surface area contributed by atoms with E-state index in [1.165, 1.54) is 18.2 Å². The van der Waals surface area contributed by atoms with Gasteiger partial charge in [0.25, 0.3) is 5.69 Å². The van der Waals surface area contributed by atoms with E-state index in [1.807, 2.05) is 11.0 Å². The molecule has 188 valence electrons. The van der Waals surface area contributed by atoms with E-state index in [1.54, 1.807) is 36.4 Å². The van der Waals surface area contributed by atoms with E-state index < -0.39 is 33.6 Å². The Kier molecular flexibility index (Phi) is 7.46. The van der Waals surface area contributed by atoms with E-state index >= 15 is 0 Å². The fourth-order valence-corrected chi connectivity index (χ4v) is 4.44. The van der Waals surface area contributed by atoms with Crippen molar-refractivity contribution in [1.29, 1.82) is 0 Å². The van der Waals surface area contributed by atoms with Gasteiger partial charge in [-0.05, 0) is 35.9 Å². The molecule has 1 heterocycles. The predicted molar refractivity (Wildman–Crippen MR) is 131 cm³/mol. The van der Waals surface area contributed by atoms with Crippen molar-refractivity contribution in [1.82, 2.24) is 4.90 Å². The number of nitro groups is 1. The molecule has 0 radical (unpaired) electrons. The highest BCUT2D eigenvalue weighted by Gasteiger charge is 2.34. The molecule has 0 saturated carbocycles. The number of benzene rings is 3.